The van der Waals surface area contributed by atoms with E-state index in [1.807, 2.05) is 6.07 Å². The largest absolute Gasteiger partial charge is 0.469 e. The van der Waals surface area contributed by atoms with Crippen molar-refractivity contribution in [2.75, 3.05) is 26.4 Å². The molecule has 0 amide bonds. The second-order valence-corrected chi connectivity index (χ2v) is 33.9. The highest BCUT2D eigenvalue weighted by atomic mass is 16.7. The number of ether oxygens (including phenoxy) is 4. The van der Waals surface area contributed by atoms with E-state index >= 15 is 14.4 Å². The molecule has 8 heterocycles. The van der Waals surface area contributed by atoms with Crippen molar-refractivity contribution in [3.05, 3.63) is 83.5 Å². The van der Waals surface area contributed by atoms with Gasteiger partial charge in [0.05, 0.1) is 48.5 Å². The van der Waals surface area contributed by atoms with Gasteiger partial charge in [-0.15, -0.1) is 0 Å². The first-order valence-electron chi connectivity index (χ1n) is 35.4. The standard InChI is InChI=1S/C74H92N2O11/c1-66-34-51-52-31-43-13-15-44-12-7-21-68(44)24-25-69(57(43)68)23-18-46-32-47-17-22-67(2)59-56(79)61(80)72(45-11-6-10-40(29-45)28-39-8-4-3-5-9-39,58(51)70(59)37-84-64(81)60(71(46,52)69)73(47,70)87-67)74(66)63(86-74)65(82)85-62(66)49-20-27-83-55(49)33-50(54(78)36-77)41-14-16-48-42(30-41)19-26-76-38-75-35-53(48)76/h3-5,8-9,17,19-20,26-27,40-46,48,50-54,57-63,75,77-78,80H,6-7,10-16,18,21-25,28-38H2,1-2H3. The number of benzene rings is 1. The average Bonchev–Trinajstić information content (AvgIpc) is 1.43. The molecule has 29 atom stereocenters. The second-order valence-electron chi connectivity index (χ2n) is 33.9. The molecule has 6 spiro atoms. The maximum atomic E-state index is 17.3. The quantitative estimate of drug-likeness (QED) is 0.106. The van der Waals surface area contributed by atoms with Crippen LogP contribution in [0.4, 0.5) is 0 Å². The molecule has 4 N–H and O–H groups in total. The summed E-state index contributed by atoms with van der Waals surface area (Å²) in [7, 11) is 0. The molecule has 16 fully saturated rings. The zero-order valence-electron chi connectivity index (χ0n) is 51.3. The molecule has 5 saturated heterocycles. The van der Waals surface area contributed by atoms with Crippen molar-refractivity contribution in [2.45, 2.75) is 202 Å². The minimum absolute atomic E-state index is 0.0629. The Balaban J connectivity index is 0.809. The van der Waals surface area contributed by atoms with Crippen molar-refractivity contribution in [1.82, 2.24) is 10.2 Å². The van der Waals surface area contributed by atoms with Gasteiger partial charge in [-0.25, -0.2) is 4.79 Å². The number of nitrogens with one attached hydrogen (secondary N) is 1. The zero-order chi connectivity index (χ0) is 58.4. The zero-order valence-corrected chi connectivity index (χ0v) is 51.3. The predicted octanol–water partition coefficient (Wildman–Crippen LogP) is 10.00. The molecule has 11 saturated carbocycles. The van der Waals surface area contributed by atoms with E-state index in [0.717, 1.165) is 108 Å². The molecule has 29 unspecified atom stereocenters. The van der Waals surface area contributed by atoms with Crippen LogP contribution in [0, 0.1) is 121 Å². The predicted molar refractivity (Wildman–Crippen MR) is 317 cm³/mol. The van der Waals surface area contributed by atoms with Crippen LogP contribution in [0.15, 0.2) is 71.0 Å². The first-order chi connectivity index (χ1) is 42.2. The summed E-state index contributed by atoms with van der Waals surface area (Å²) in [5.41, 5.74) is -3.76. The lowest BCUT2D eigenvalue weighted by atomic mass is 9.29. The Morgan fingerprint density at radius 3 is 2.57 bits per heavy atom. The molecule has 0 radical (unpaired) electrons. The lowest BCUT2D eigenvalue weighted by Crippen LogP contribution is -2.82. The number of rotatable bonds is 9. The molecule has 5 bridgehead atoms. The van der Waals surface area contributed by atoms with Gasteiger partial charge in [-0.05, 0) is 239 Å². The summed E-state index contributed by atoms with van der Waals surface area (Å²) < 4.78 is 37.3. The Kier molecular flexibility index (Phi) is 10.8. The smallest absolute Gasteiger partial charge is 0.339 e. The van der Waals surface area contributed by atoms with Crippen LogP contribution in [-0.4, -0.2) is 106 Å². The fourth-order valence-corrected chi connectivity index (χ4v) is 30.7. The van der Waals surface area contributed by atoms with Gasteiger partial charge in [0, 0.05) is 35.4 Å². The molecule has 2 aromatic rings. The summed E-state index contributed by atoms with van der Waals surface area (Å²) in [6.07, 6.45) is 26.2. The van der Waals surface area contributed by atoms with Crippen molar-refractivity contribution in [3.8, 4) is 0 Å². The third-order valence-corrected chi connectivity index (χ3v) is 32.2. The maximum Gasteiger partial charge on any atom is 0.339 e. The Bertz CT molecular complexity index is 3360. The highest BCUT2D eigenvalue weighted by Gasteiger charge is 3.00. The van der Waals surface area contributed by atoms with Crippen LogP contribution in [0.2, 0.25) is 0 Å². The fraction of sp³-hybridized carbons (Fsp3) is 0.770. The van der Waals surface area contributed by atoms with Gasteiger partial charge in [0.15, 0.2) is 11.9 Å². The first kappa shape index (κ1) is 53.8. The molecular formula is C74H92N2O11. The Morgan fingerprint density at radius 2 is 1.70 bits per heavy atom. The van der Waals surface area contributed by atoms with Crippen LogP contribution >= 0.6 is 0 Å². The number of hydrogen-bond acceptors (Lipinski definition) is 13. The molecule has 87 heavy (non-hydrogen) atoms. The number of carbonyl (C=O) groups excluding carboxylic acids is 3. The van der Waals surface area contributed by atoms with Crippen LogP contribution in [0.5, 0.6) is 0 Å². The third kappa shape index (κ3) is 5.82. The molecule has 20 rings (SSSR count). The van der Waals surface area contributed by atoms with E-state index in [0.29, 0.717) is 54.7 Å². The van der Waals surface area contributed by atoms with E-state index in [4.69, 9.17) is 23.4 Å². The van der Waals surface area contributed by atoms with Crippen LogP contribution < -0.4 is 5.32 Å². The van der Waals surface area contributed by atoms with E-state index < -0.39 is 80.7 Å². The minimum atomic E-state index is -1.49. The van der Waals surface area contributed by atoms with Crippen LogP contribution in [0.25, 0.3) is 0 Å². The third-order valence-electron chi connectivity index (χ3n) is 32.2. The number of epoxide rings is 1. The highest BCUT2D eigenvalue weighted by Crippen LogP contribution is 2.95. The summed E-state index contributed by atoms with van der Waals surface area (Å²) in [6, 6.07) is 13.3. The Labute approximate surface area is 512 Å². The number of fused-ring (bicyclic) bond motifs is 6. The van der Waals surface area contributed by atoms with E-state index in [-0.39, 0.29) is 83.1 Å². The van der Waals surface area contributed by atoms with Gasteiger partial charge >= 0.3 is 11.9 Å². The molecule has 7 aliphatic heterocycles. The number of aliphatic hydroxyl groups excluding tert-OH is 3. The lowest BCUT2D eigenvalue weighted by Gasteiger charge is -2.73. The summed E-state index contributed by atoms with van der Waals surface area (Å²) in [4.78, 5) is 52.1. The number of cyclic esters (lactones) is 2. The topological polar surface area (TPSA) is 181 Å². The van der Waals surface area contributed by atoms with Gasteiger partial charge in [0.25, 0.3) is 0 Å². The SMILES string of the molecule is CC12CC=C3CC4CCC56CCC78CCCC7CCC(CC7C9CC%10(C)C(c%11ccoc%11CC(C(O)CO)C%11CCC%12C(C=CN%13CNCC%12%13)C%11)OC(=O)C%11OC%11%10C%10(C%11CCCC(Cc%12ccccc%12)C%11)C(O)C(=O)C1C1(COC(=O)C(C31O2)C475)C9%10)C86. The van der Waals surface area contributed by atoms with Crippen molar-refractivity contribution >= 4 is 17.7 Å². The molecule has 18 aliphatic rings. The number of ketones is 1. The number of allylic oxidation sites excluding steroid dienone is 1. The molecule has 13 heteroatoms. The van der Waals surface area contributed by atoms with Gasteiger partial charge in [-0.3, -0.25) is 14.9 Å². The van der Waals surface area contributed by atoms with Gasteiger partial charge < -0.3 is 43.6 Å². The minimum Gasteiger partial charge on any atom is -0.469 e. The van der Waals surface area contributed by atoms with Gasteiger partial charge in [-0.2, -0.15) is 0 Å². The summed E-state index contributed by atoms with van der Waals surface area (Å²) in [6.45, 7) is 6.07. The Hall–Kier alpha value is -3.85. The summed E-state index contributed by atoms with van der Waals surface area (Å²) >= 11 is 0. The molecule has 13 nitrogen and oxygen atoms in total. The highest BCUT2D eigenvalue weighted by molar-refractivity contribution is 5.94. The van der Waals surface area contributed by atoms with Gasteiger partial charge in [0.1, 0.15) is 35.8 Å². The average molecular weight is 1190 g/mol. The molecule has 1 aromatic heterocycles. The monoisotopic (exact) mass is 1180 g/mol. The van der Waals surface area contributed by atoms with Gasteiger partial charge in [-0.1, -0.05) is 68.7 Å². The fourth-order valence-electron chi connectivity index (χ4n) is 30.7. The molecular weight excluding hydrogens is 1090 g/mol. The number of furan rings is 1. The molecule has 11 aliphatic carbocycles. The molecule has 464 valence electrons. The normalized spacial score (nSPS) is 55.6. The number of nitrogens with zero attached hydrogens (tertiary/aromatic N) is 1. The second kappa shape index (κ2) is 17.4. The van der Waals surface area contributed by atoms with E-state index in [2.05, 4.69) is 72.7 Å². The maximum absolute atomic E-state index is 17.3. The van der Waals surface area contributed by atoms with E-state index in [9.17, 15) is 15.3 Å². The van der Waals surface area contributed by atoms with Crippen LogP contribution in [0.3, 0.4) is 0 Å². The number of hydrogen-bond donors (Lipinski definition) is 4. The van der Waals surface area contributed by atoms with Crippen LogP contribution in [0.1, 0.15) is 165 Å². The van der Waals surface area contributed by atoms with Crippen molar-refractivity contribution < 1.29 is 53.1 Å². The number of Topliss-reactive ketones (excluding diaryl/α,β-unsaturated/α-hetero) is 1. The summed E-state index contributed by atoms with van der Waals surface area (Å²) in [5, 5.41) is 41.5. The first-order valence-corrected chi connectivity index (χ1v) is 35.4. The van der Waals surface area contributed by atoms with E-state index in [1.165, 1.54) is 49.7 Å². The number of aliphatic hydroxyl groups is 3. The molecule has 1 aromatic carbocycles. The van der Waals surface area contributed by atoms with Crippen molar-refractivity contribution in [2.24, 2.45) is 121 Å². The number of carbonyl (C=O) groups is 3. The lowest BCUT2D eigenvalue weighted by molar-refractivity contribution is -0.302. The Morgan fingerprint density at radius 1 is 0.828 bits per heavy atom. The summed E-state index contributed by atoms with van der Waals surface area (Å²) in [5.74, 6) is 0.918. The van der Waals surface area contributed by atoms with Crippen molar-refractivity contribution in [3.63, 3.8) is 0 Å². The van der Waals surface area contributed by atoms with Gasteiger partial charge in [0.2, 0.25) is 0 Å². The number of esters is 2. The van der Waals surface area contributed by atoms with Crippen molar-refractivity contribution in [1.29, 1.82) is 0 Å². The van der Waals surface area contributed by atoms with E-state index in [1.54, 1.807) is 6.26 Å². The van der Waals surface area contributed by atoms with Crippen LogP contribution in [-0.2, 0) is 46.2 Å².